The molecule has 0 aliphatic rings. The van der Waals surface area contributed by atoms with Gasteiger partial charge in [0.2, 0.25) is 0 Å². The van der Waals surface area contributed by atoms with E-state index in [1.807, 2.05) is 11.4 Å². The molecule has 0 fully saturated rings. The normalized spacial score (nSPS) is 11.0. The number of anilines is 1. The zero-order chi connectivity index (χ0) is 15.0. The lowest BCUT2D eigenvalue weighted by molar-refractivity contribution is 0.0602. The number of H-pyrrole nitrogens is 1. The average Bonchev–Trinajstić information content (AvgIpc) is 3.13. The van der Waals surface area contributed by atoms with E-state index in [0.29, 0.717) is 22.3 Å². The molecule has 3 heterocycles. The molecule has 3 rings (SSSR count). The quantitative estimate of drug-likeness (QED) is 0.725. The molecule has 0 aromatic carbocycles. The highest BCUT2D eigenvalue weighted by Gasteiger charge is 2.17. The number of carbonyl (C=O) groups excluding carboxylic acids is 1. The van der Waals surface area contributed by atoms with Crippen LogP contribution in [0, 0.1) is 0 Å². The van der Waals surface area contributed by atoms with Crippen molar-refractivity contribution in [3.8, 4) is 10.7 Å². The number of hydrogen-bond donors (Lipinski definition) is 2. The molecule has 3 aromatic heterocycles. The van der Waals surface area contributed by atoms with Crippen LogP contribution in [0.3, 0.4) is 0 Å². The Labute approximate surface area is 125 Å². The van der Waals surface area contributed by atoms with Crippen molar-refractivity contribution in [1.82, 2.24) is 15.0 Å². The molecular formula is C14H14N4O2S. The monoisotopic (exact) mass is 302 g/mol. The van der Waals surface area contributed by atoms with Crippen LogP contribution < -0.4 is 5.73 Å². The fourth-order valence-corrected chi connectivity index (χ4v) is 2.99. The molecule has 0 radical (unpaired) electrons. The second-order valence-electron chi connectivity index (χ2n) is 4.52. The maximum atomic E-state index is 11.8. The van der Waals surface area contributed by atoms with Crippen molar-refractivity contribution in [1.29, 1.82) is 0 Å². The van der Waals surface area contributed by atoms with Crippen molar-refractivity contribution < 1.29 is 9.53 Å². The van der Waals surface area contributed by atoms with Gasteiger partial charge in [-0.05, 0) is 12.5 Å². The number of thiazole rings is 1. The first-order chi connectivity index (χ1) is 10.1. The van der Waals surface area contributed by atoms with Gasteiger partial charge < -0.3 is 15.5 Å². The third-order valence-electron chi connectivity index (χ3n) is 3.25. The van der Waals surface area contributed by atoms with Crippen LogP contribution in [0.15, 0.2) is 17.6 Å². The first-order valence-electron chi connectivity index (χ1n) is 6.44. The summed E-state index contributed by atoms with van der Waals surface area (Å²) in [6, 6.07) is 1.86. The summed E-state index contributed by atoms with van der Waals surface area (Å²) in [6.45, 7) is 2.06. The Balaban J connectivity index is 2.18. The summed E-state index contributed by atoms with van der Waals surface area (Å²) in [4.78, 5) is 23.6. The van der Waals surface area contributed by atoms with Crippen LogP contribution in [-0.4, -0.2) is 28.0 Å². The highest BCUT2D eigenvalue weighted by atomic mass is 32.1. The summed E-state index contributed by atoms with van der Waals surface area (Å²) in [6.07, 6.45) is 2.31. The molecule has 0 bridgehead atoms. The molecular weight excluding hydrogens is 288 g/mol. The summed E-state index contributed by atoms with van der Waals surface area (Å²) in [5.41, 5.74) is 8.74. The number of esters is 1. The number of carbonyl (C=O) groups is 1. The number of aromatic nitrogens is 3. The largest absolute Gasteiger partial charge is 0.465 e. The van der Waals surface area contributed by atoms with Crippen molar-refractivity contribution in [2.75, 3.05) is 12.8 Å². The van der Waals surface area contributed by atoms with Gasteiger partial charge in [-0.25, -0.2) is 14.8 Å². The van der Waals surface area contributed by atoms with E-state index in [-0.39, 0.29) is 0 Å². The highest BCUT2D eigenvalue weighted by molar-refractivity contribution is 7.13. The molecule has 7 heteroatoms. The third kappa shape index (κ3) is 2.25. The van der Waals surface area contributed by atoms with Crippen molar-refractivity contribution in [2.24, 2.45) is 0 Å². The summed E-state index contributed by atoms with van der Waals surface area (Å²) in [5.74, 6) is -0.0948. The van der Waals surface area contributed by atoms with Crippen LogP contribution in [0.4, 0.5) is 5.82 Å². The number of aryl methyl sites for hydroxylation is 1. The van der Waals surface area contributed by atoms with Gasteiger partial charge in [-0.15, -0.1) is 11.3 Å². The summed E-state index contributed by atoms with van der Waals surface area (Å²) >= 11 is 1.55. The molecule has 0 aliphatic heterocycles. The fourth-order valence-electron chi connectivity index (χ4n) is 2.12. The molecule has 0 saturated carbocycles. The van der Waals surface area contributed by atoms with Crippen LogP contribution in [0.25, 0.3) is 21.6 Å². The zero-order valence-corrected chi connectivity index (χ0v) is 12.5. The number of hydrogen-bond acceptors (Lipinski definition) is 6. The topological polar surface area (TPSA) is 93.9 Å². The van der Waals surface area contributed by atoms with Crippen LogP contribution in [0.2, 0.25) is 0 Å². The van der Waals surface area contributed by atoms with Crippen LogP contribution in [0.5, 0.6) is 0 Å². The minimum atomic E-state index is -0.438. The van der Waals surface area contributed by atoms with Gasteiger partial charge in [0.1, 0.15) is 10.8 Å². The highest BCUT2D eigenvalue weighted by Crippen LogP contribution is 2.30. The number of aromatic amines is 1. The van der Waals surface area contributed by atoms with E-state index < -0.39 is 5.97 Å². The van der Waals surface area contributed by atoms with E-state index in [0.717, 1.165) is 22.8 Å². The molecule has 3 aromatic rings. The molecule has 0 spiro atoms. The number of nitrogens with zero attached hydrogens (tertiary/aromatic N) is 2. The minimum absolute atomic E-state index is 0.344. The standard InChI is InChI=1S/C14H14N4O2S/c1-3-7-6-21-13(17-7)10-4-8-9(14(19)20-2)5-16-12(15)11(8)18-10/h4-6,18H,3H2,1-2H3,(H2,15,16). The van der Waals surface area contributed by atoms with Crippen LogP contribution >= 0.6 is 11.3 Å². The van der Waals surface area contributed by atoms with Crippen LogP contribution in [-0.2, 0) is 11.2 Å². The Bertz CT molecular complexity index is 822. The van der Waals surface area contributed by atoms with Crippen molar-refractivity contribution in [3.63, 3.8) is 0 Å². The molecule has 0 atom stereocenters. The van der Waals surface area contributed by atoms with Crippen molar-refractivity contribution in [3.05, 3.63) is 28.9 Å². The number of fused-ring (bicyclic) bond motifs is 1. The number of nitrogen functional groups attached to an aromatic ring is 1. The first-order valence-corrected chi connectivity index (χ1v) is 7.32. The summed E-state index contributed by atoms with van der Waals surface area (Å²) in [7, 11) is 1.34. The number of rotatable bonds is 3. The summed E-state index contributed by atoms with van der Waals surface area (Å²) < 4.78 is 4.77. The number of nitrogens with one attached hydrogen (secondary N) is 1. The molecule has 0 aliphatic carbocycles. The lowest BCUT2D eigenvalue weighted by Gasteiger charge is -2.01. The second-order valence-corrected chi connectivity index (χ2v) is 5.38. The number of methoxy groups -OCH3 is 1. The predicted octanol–water partition coefficient (Wildman–Crippen LogP) is 2.62. The van der Waals surface area contributed by atoms with Gasteiger partial charge in [0.25, 0.3) is 0 Å². The van der Waals surface area contributed by atoms with E-state index in [1.165, 1.54) is 13.3 Å². The van der Waals surface area contributed by atoms with E-state index in [4.69, 9.17) is 10.5 Å². The molecule has 6 nitrogen and oxygen atoms in total. The number of pyridine rings is 1. The van der Waals surface area contributed by atoms with E-state index >= 15 is 0 Å². The Morgan fingerprint density at radius 3 is 3.00 bits per heavy atom. The minimum Gasteiger partial charge on any atom is -0.465 e. The summed E-state index contributed by atoms with van der Waals surface area (Å²) in [5, 5.41) is 3.57. The van der Waals surface area contributed by atoms with Gasteiger partial charge in [-0.1, -0.05) is 6.92 Å². The lowest BCUT2D eigenvalue weighted by Crippen LogP contribution is -2.03. The Morgan fingerprint density at radius 1 is 1.52 bits per heavy atom. The third-order valence-corrected chi connectivity index (χ3v) is 4.17. The molecule has 108 valence electrons. The smallest absolute Gasteiger partial charge is 0.340 e. The Kier molecular flexibility index (Phi) is 3.34. The fraction of sp³-hybridized carbons (Fsp3) is 0.214. The van der Waals surface area contributed by atoms with E-state index in [9.17, 15) is 4.79 Å². The van der Waals surface area contributed by atoms with Crippen molar-refractivity contribution in [2.45, 2.75) is 13.3 Å². The average molecular weight is 302 g/mol. The Morgan fingerprint density at radius 2 is 2.33 bits per heavy atom. The van der Waals surface area contributed by atoms with Gasteiger partial charge in [-0.2, -0.15) is 0 Å². The lowest BCUT2D eigenvalue weighted by atomic mass is 10.2. The predicted molar refractivity (Wildman–Crippen MR) is 82.3 cm³/mol. The number of ether oxygens (including phenoxy) is 1. The Hall–Kier alpha value is -2.41. The van der Waals surface area contributed by atoms with Gasteiger partial charge in [0.15, 0.2) is 0 Å². The van der Waals surface area contributed by atoms with E-state index in [1.54, 1.807) is 11.3 Å². The van der Waals surface area contributed by atoms with Gasteiger partial charge in [-0.3, -0.25) is 0 Å². The first kappa shape index (κ1) is 13.6. The maximum absolute atomic E-state index is 11.8. The molecule has 0 saturated heterocycles. The SMILES string of the molecule is CCc1csc(-c2cc3c(C(=O)OC)cnc(N)c3[nH]2)n1. The zero-order valence-electron chi connectivity index (χ0n) is 11.6. The number of nitrogens with two attached hydrogens (primary N) is 1. The van der Waals surface area contributed by atoms with Gasteiger partial charge >= 0.3 is 5.97 Å². The second kappa shape index (κ2) is 5.17. The maximum Gasteiger partial charge on any atom is 0.340 e. The molecule has 0 amide bonds. The molecule has 21 heavy (non-hydrogen) atoms. The van der Waals surface area contributed by atoms with Gasteiger partial charge in [0.05, 0.1) is 29.6 Å². The van der Waals surface area contributed by atoms with Gasteiger partial charge in [0, 0.05) is 17.0 Å². The molecule has 0 unspecified atom stereocenters. The van der Waals surface area contributed by atoms with E-state index in [2.05, 4.69) is 21.9 Å². The van der Waals surface area contributed by atoms with Crippen LogP contribution in [0.1, 0.15) is 23.0 Å². The van der Waals surface area contributed by atoms with Crippen molar-refractivity contribution >= 4 is 34.0 Å². The molecule has 3 N–H and O–H groups in total.